The van der Waals surface area contributed by atoms with Gasteiger partial charge in [0.1, 0.15) is 11.5 Å². The molecule has 1 aliphatic carbocycles. The number of carbonyl (C=O) groups is 1. The largest absolute Gasteiger partial charge is 0.481 e. The number of para-hydroxylation sites is 1. The molecule has 1 saturated carbocycles. The Labute approximate surface area is 161 Å². The first kappa shape index (κ1) is 19.4. The Balaban J connectivity index is 1.43. The Kier molecular flexibility index (Phi) is 6.51. The molecule has 0 spiro atoms. The topological polar surface area (TPSA) is 55.8 Å². The van der Waals surface area contributed by atoms with Crippen molar-refractivity contribution in [3.8, 4) is 11.5 Å². The van der Waals surface area contributed by atoms with Gasteiger partial charge in [-0.25, -0.2) is 0 Å². The molecular formula is C23H28O4. The van der Waals surface area contributed by atoms with E-state index in [0.29, 0.717) is 24.5 Å². The second-order valence-corrected chi connectivity index (χ2v) is 7.76. The zero-order valence-corrected chi connectivity index (χ0v) is 15.9. The number of benzene rings is 2. The Morgan fingerprint density at radius 3 is 2.56 bits per heavy atom. The number of carboxylic acid groups (broad SMARTS) is 1. The number of rotatable bonds is 10. The fourth-order valence-corrected chi connectivity index (χ4v) is 3.89. The van der Waals surface area contributed by atoms with Crippen LogP contribution in [0.15, 0.2) is 54.6 Å². The van der Waals surface area contributed by atoms with Crippen LogP contribution in [0.5, 0.6) is 11.5 Å². The molecule has 0 amide bonds. The molecule has 0 bridgehead atoms. The van der Waals surface area contributed by atoms with Gasteiger partial charge in [0.05, 0.1) is 13.0 Å². The lowest BCUT2D eigenvalue weighted by molar-refractivity contribution is -0.138. The highest BCUT2D eigenvalue weighted by atomic mass is 16.5. The zero-order chi connectivity index (χ0) is 19.1. The summed E-state index contributed by atoms with van der Waals surface area (Å²) in [5.74, 6) is 1.53. The predicted octanol–water partition coefficient (Wildman–Crippen LogP) is 5.63. The van der Waals surface area contributed by atoms with Gasteiger partial charge in [0.15, 0.2) is 0 Å². The van der Waals surface area contributed by atoms with E-state index in [1.165, 1.54) is 18.4 Å². The van der Waals surface area contributed by atoms with Gasteiger partial charge >= 0.3 is 5.97 Å². The second-order valence-electron chi connectivity index (χ2n) is 7.76. The quantitative estimate of drug-likeness (QED) is 0.552. The molecule has 1 fully saturated rings. The van der Waals surface area contributed by atoms with Crippen LogP contribution in [-0.4, -0.2) is 24.3 Å². The molecular weight excluding hydrogens is 340 g/mol. The van der Waals surface area contributed by atoms with Crippen LogP contribution < -0.4 is 4.74 Å². The van der Waals surface area contributed by atoms with E-state index in [1.807, 2.05) is 36.4 Å². The van der Waals surface area contributed by atoms with E-state index in [2.05, 4.69) is 25.1 Å². The number of hydrogen-bond donors (Lipinski definition) is 1. The minimum Gasteiger partial charge on any atom is -0.481 e. The minimum absolute atomic E-state index is 0.0841. The molecule has 3 rings (SSSR count). The lowest BCUT2D eigenvalue weighted by Crippen LogP contribution is -2.33. The van der Waals surface area contributed by atoms with Gasteiger partial charge < -0.3 is 14.6 Å². The molecule has 1 N–H and O–H groups in total. The van der Waals surface area contributed by atoms with Gasteiger partial charge in [-0.2, -0.15) is 0 Å². The molecule has 0 aromatic heterocycles. The first-order valence-corrected chi connectivity index (χ1v) is 9.66. The molecule has 2 aromatic carbocycles. The highest BCUT2D eigenvalue weighted by Crippen LogP contribution is 2.53. The average Bonchev–Trinajstić information content (AvgIpc) is 2.63. The molecule has 27 heavy (non-hydrogen) atoms. The van der Waals surface area contributed by atoms with Crippen LogP contribution in [0.25, 0.3) is 0 Å². The fourth-order valence-electron chi connectivity index (χ4n) is 3.89. The van der Waals surface area contributed by atoms with E-state index < -0.39 is 5.97 Å². The Morgan fingerprint density at radius 2 is 1.81 bits per heavy atom. The third-order valence-electron chi connectivity index (χ3n) is 5.32. The van der Waals surface area contributed by atoms with Crippen molar-refractivity contribution in [3.05, 3.63) is 60.2 Å². The highest BCUT2D eigenvalue weighted by molar-refractivity contribution is 5.66. The van der Waals surface area contributed by atoms with Gasteiger partial charge in [-0.1, -0.05) is 37.3 Å². The molecule has 0 aliphatic heterocycles. The first-order valence-electron chi connectivity index (χ1n) is 9.66. The van der Waals surface area contributed by atoms with Gasteiger partial charge in [-0.05, 0) is 66.8 Å². The average molecular weight is 368 g/mol. The summed E-state index contributed by atoms with van der Waals surface area (Å²) in [5, 5.41) is 8.60. The van der Waals surface area contributed by atoms with Crippen molar-refractivity contribution >= 4 is 5.97 Å². The Morgan fingerprint density at radius 1 is 1.07 bits per heavy atom. The van der Waals surface area contributed by atoms with Crippen LogP contribution in [-0.2, 0) is 9.53 Å². The second kappa shape index (κ2) is 9.05. The van der Waals surface area contributed by atoms with E-state index >= 15 is 0 Å². The van der Waals surface area contributed by atoms with Crippen molar-refractivity contribution < 1.29 is 19.4 Å². The number of carboxylic acids is 1. The van der Waals surface area contributed by atoms with Crippen molar-refractivity contribution in [2.75, 3.05) is 13.2 Å². The van der Waals surface area contributed by atoms with Gasteiger partial charge in [0, 0.05) is 6.61 Å². The predicted molar refractivity (Wildman–Crippen MR) is 105 cm³/mol. The van der Waals surface area contributed by atoms with Gasteiger partial charge in [0.2, 0.25) is 0 Å². The van der Waals surface area contributed by atoms with Crippen molar-refractivity contribution in [1.29, 1.82) is 0 Å². The molecule has 144 valence electrons. The molecule has 4 heteroatoms. The smallest absolute Gasteiger partial charge is 0.305 e. The summed E-state index contributed by atoms with van der Waals surface area (Å²) >= 11 is 0. The van der Waals surface area contributed by atoms with Crippen LogP contribution in [0.3, 0.4) is 0 Å². The van der Waals surface area contributed by atoms with Crippen LogP contribution in [0.2, 0.25) is 0 Å². The third kappa shape index (κ3) is 5.83. The van der Waals surface area contributed by atoms with Crippen molar-refractivity contribution in [2.45, 2.75) is 44.9 Å². The molecule has 4 nitrogen and oxygen atoms in total. The van der Waals surface area contributed by atoms with Gasteiger partial charge in [0.25, 0.3) is 0 Å². The summed E-state index contributed by atoms with van der Waals surface area (Å²) in [4.78, 5) is 10.5. The molecule has 0 saturated heterocycles. The summed E-state index contributed by atoms with van der Waals surface area (Å²) in [7, 11) is 0. The molecule has 0 heterocycles. The lowest BCUT2D eigenvalue weighted by atomic mass is 9.59. The molecule has 1 aliphatic rings. The maximum atomic E-state index is 10.5. The van der Waals surface area contributed by atoms with E-state index in [1.54, 1.807) is 0 Å². The van der Waals surface area contributed by atoms with E-state index in [4.69, 9.17) is 14.6 Å². The van der Waals surface area contributed by atoms with Gasteiger partial charge in [-0.15, -0.1) is 0 Å². The van der Waals surface area contributed by atoms with E-state index in [-0.39, 0.29) is 6.42 Å². The van der Waals surface area contributed by atoms with Crippen LogP contribution in [0.4, 0.5) is 0 Å². The van der Waals surface area contributed by atoms with Crippen LogP contribution in [0.1, 0.15) is 50.5 Å². The van der Waals surface area contributed by atoms with Crippen LogP contribution >= 0.6 is 0 Å². The normalized spacial score (nSPS) is 21.4. The summed E-state index contributed by atoms with van der Waals surface area (Å²) in [5.41, 5.74) is 1.70. The monoisotopic (exact) mass is 368 g/mol. The summed E-state index contributed by atoms with van der Waals surface area (Å²) in [6.45, 7) is 3.29. The third-order valence-corrected chi connectivity index (χ3v) is 5.32. The number of aliphatic carboxylic acids is 1. The summed E-state index contributed by atoms with van der Waals surface area (Å²) in [6.07, 6.45) is 4.55. The van der Waals surface area contributed by atoms with Crippen molar-refractivity contribution in [1.82, 2.24) is 0 Å². The van der Waals surface area contributed by atoms with Crippen molar-refractivity contribution in [3.63, 3.8) is 0 Å². The van der Waals surface area contributed by atoms with Gasteiger partial charge in [-0.3, -0.25) is 4.79 Å². The highest BCUT2D eigenvalue weighted by Gasteiger charge is 2.40. The Bertz CT molecular complexity index is 735. The number of hydrogen-bond acceptors (Lipinski definition) is 3. The van der Waals surface area contributed by atoms with Crippen molar-refractivity contribution in [2.24, 2.45) is 5.41 Å². The molecule has 0 unspecified atom stereocenters. The SMILES string of the molecule is C[C@]1(CCCOCCC(=O)O)C[C@@H](c2cccc(Oc3ccccc3)c2)C1. The minimum atomic E-state index is -0.803. The number of ether oxygens (including phenoxy) is 2. The molecule has 0 radical (unpaired) electrons. The maximum Gasteiger partial charge on any atom is 0.305 e. The van der Waals surface area contributed by atoms with Crippen LogP contribution in [0, 0.1) is 5.41 Å². The maximum absolute atomic E-state index is 10.5. The standard InChI is InChI=1S/C23H28O4/c1-23(12-6-13-26-14-11-22(24)25)16-19(17-23)18-7-5-10-21(15-18)27-20-8-3-2-4-9-20/h2-5,7-10,15,19H,6,11-14,16-17H2,1H3,(H,24,25)/t19-,23+. The molecule has 0 atom stereocenters. The lowest BCUT2D eigenvalue weighted by Gasteiger charge is -2.46. The fraction of sp³-hybridized carbons (Fsp3) is 0.435. The zero-order valence-electron chi connectivity index (χ0n) is 15.9. The first-order chi connectivity index (χ1) is 13.0. The summed E-state index contributed by atoms with van der Waals surface area (Å²) < 4.78 is 11.3. The Hall–Kier alpha value is -2.33. The summed E-state index contributed by atoms with van der Waals surface area (Å²) in [6, 6.07) is 18.3. The molecule has 2 aromatic rings. The van der Waals surface area contributed by atoms with E-state index in [9.17, 15) is 4.79 Å². The van der Waals surface area contributed by atoms with E-state index in [0.717, 1.165) is 24.3 Å².